The van der Waals surface area contributed by atoms with Crippen LogP contribution in [0.3, 0.4) is 0 Å². The number of non-ortho nitro benzene ring substituents is 1. The molecule has 1 aliphatic heterocycles. The van der Waals surface area contributed by atoms with Crippen molar-refractivity contribution < 1.29 is 23.2 Å². The Bertz CT molecular complexity index is 1780. The molecule has 3 aromatic carbocycles. The first kappa shape index (κ1) is 28.3. The molecule has 0 unspecified atom stereocenters. The van der Waals surface area contributed by atoms with E-state index < -0.39 is 31.5 Å². The number of hydrogen-bond acceptors (Lipinski definition) is 9. The number of para-hydroxylation sites is 2. The number of carboxylic acid groups (broad SMARTS) is 1. The summed E-state index contributed by atoms with van der Waals surface area (Å²) in [6, 6.07) is 18.4. The van der Waals surface area contributed by atoms with Gasteiger partial charge in [-0.25, -0.2) is 17.9 Å². The van der Waals surface area contributed by atoms with E-state index in [1.165, 1.54) is 30.3 Å². The Labute approximate surface area is 241 Å². The lowest BCUT2D eigenvalue weighted by Gasteiger charge is -2.20. The van der Waals surface area contributed by atoms with Gasteiger partial charge < -0.3 is 10.0 Å². The third-order valence-electron chi connectivity index (χ3n) is 6.73. The van der Waals surface area contributed by atoms with Gasteiger partial charge in [0, 0.05) is 25.2 Å². The predicted octanol–water partition coefficient (Wildman–Crippen LogP) is 4.63. The Hall–Kier alpha value is -5.24. The molecule has 3 N–H and O–H groups in total. The van der Waals surface area contributed by atoms with Crippen molar-refractivity contribution in [3.8, 4) is 5.69 Å². The lowest BCUT2D eigenvalue weighted by atomic mass is 10.2. The van der Waals surface area contributed by atoms with Gasteiger partial charge in [-0.3, -0.25) is 20.3 Å². The first-order chi connectivity index (χ1) is 20.2. The molecule has 14 heteroatoms. The first-order valence-electron chi connectivity index (χ1n) is 13.0. The minimum Gasteiger partial charge on any atom is -0.478 e. The zero-order valence-corrected chi connectivity index (χ0v) is 23.3. The van der Waals surface area contributed by atoms with Crippen molar-refractivity contribution in [2.24, 2.45) is 5.10 Å². The highest BCUT2D eigenvalue weighted by Gasteiger charge is 2.26. The topological polar surface area (TPSA) is 172 Å². The van der Waals surface area contributed by atoms with Crippen LogP contribution in [0.4, 0.5) is 22.9 Å². The molecule has 5 rings (SSSR count). The molecule has 0 spiro atoms. The fourth-order valence-corrected chi connectivity index (χ4v) is 5.98. The Kier molecular flexibility index (Phi) is 7.88. The van der Waals surface area contributed by atoms with E-state index in [0.717, 1.165) is 55.1 Å². The number of carbonyl (C=O) groups is 1. The smallest absolute Gasteiger partial charge is 0.337 e. The van der Waals surface area contributed by atoms with E-state index in [9.17, 15) is 28.4 Å². The maximum Gasteiger partial charge on any atom is 0.337 e. The SMILES string of the molecule is Cc1nn(-c2ccccc2)c(N2CCCC2)c1/C=N/Nc1ccc([N+](=O)[O-])cc1S(=O)(=O)Nc1ccccc1C(=O)O. The number of rotatable bonds is 10. The lowest BCUT2D eigenvalue weighted by Crippen LogP contribution is -2.22. The molecule has 42 heavy (non-hydrogen) atoms. The number of nitro benzene ring substituents is 1. The molecule has 0 aliphatic carbocycles. The molecule has 1 aromatic heterocycles. The molecule has 2 heterocycles. The van der Waals surface area contributed by atoms with Gasteiger partial charge in [0.25, 0.3) is 15.7 Å². The lowest BCUT2D eigenvalue weighted by molar-refractivity contribution is -0.385. The highest BCUT2D eigenvalue weighted by atomic mass is 32.2. The van der Waals surface area contributed by atoms with E-state index in [1.807, 2.05) is 41.9 Å². The minimum atomic E-state index is -4.49. The Morgan fingerprint density at radius 3 is 2.43 bits per heavy atom. The number of aromatic nitrogens is 2. The summed E-state index contributed by atoms with van der Waals surface area (Å²) in [4.78, 5) is 24.1. The number of hydrogen-bond donors (Lipinski definition) is 3. The minimum absolute atomic E-state index is 0.0482. The van der Waals surface area contributed by atoms with Crippen molar-refractivity contribution in [3.63, 3.8) is 0 Å². The highest BCUT2D eigenvalue weighted by molar-refractivity contribution is 7.93. The monoisotopic (exact) mass is 589 g/mol. The third kappa shape index (κ3) is 5.78. The molecule has 0 atom stereocenters. The fourth-order valence-electron chi connectivity index (χ4n) is 4.72. The van der Waals surface area contributed by atoms with Crippen LogP contribution in [0, 0.1) is 17.0 Å². The summed E-state index contributed by atoms with van der Waals surface area (Å²) in [5.41, 5.74) is 4.04. The van der Waals surface area contributed by atoms with Crippen LogP contribution in [-0.2, 0) is 10.0 Å². The molecular weight excluding hydrogens is 562 g/mol. The van der Waals surface area contributed by atoms with Crippen molar-refractivity contribution in [1.82, 2.24) is 9.78 Å². The number of aryl methyl sites for hydroxylation is 1. The molecule has 0 radical (unpaired) electrons. The Morgan fingerprint density at radius 1 is 1.05 bits per heavy atom. The molecule has 0 amide bonds. The molecule has 4 aromatic rings. The normalized spacial score (nSPS) is 13.4. The second kappa shape index (κ2) is 11.7. The zero-order chi connectivity index (χ0) is 29.9. The molecule has 0 bridgehead atoms. The number of hydrazone groups is 1. The van der Waals surface area contributed by atoms with Gasteiger partial charge in [0.05, 0.1) is 45.0 Å². The third-order valence-corrected chi connectivity index (χ3v) is 8.14. The van der Waals surface area contributed by atoms with Gasteiger partial charge in [-0.1, -0.05) is 30.3 Å². The molecule has 216 valence electrons. The van der Waals surface area contributed by atoms with E-state index >= 15 is 0 Å². The maximum atomic E-state index is 13.4. The summed E-state index contributed by atoms with van der Waals surface area (Å²) < 4.78 is 30.9. The summed E-state index contributed by atoms with van der Waals surface area (Å²) in [6.45, 7) is 3.55. The van der Waals surface area contributed by atoms with Gasteiger partial charge >= 0.3 is 5.97 Å². The standard InChI is InChI=1S/C28H27N7O6S/c1-19-23(27(33-15-7-8-16-33)34(31-19)20-9-3-2-4-10-20)18-29-30-25-14-13-21(35(38)39)17-26(25)42(40,41)32-24-12-6-5-11-22(24)28(36)37/h2-6,9-14,17-18,30,32H,7-8,15-16H2,1H3,(H,36,37)/b29-18+. The molecular formula is C28H27N7O6S. The van der Waals surface area contributed by atoms with Crippen LogP contribution < -0.4 is 15.0 Å². The summed E-state index contributed by atoms with van der Waals surface area (Å²) in [7, 11) is -4.49. The first-order valence-corrected chi connectivity index (χ1v) is 14.5. The van der Waals surface area contributed by atoms with Gasteiger partial charge in [0.15, 0.2) is 0 Å². The zero-order valence-electron chi connectivity index (χ0n) is 22.5. The summed E-state index contributed by atoms with van der Waals surface area (Å²) in [5.74, 6) is -0.485. The van der Waals surface area contributed by atoms with Crippen LogP contribution in [0.2, 0.25) is 0 Å². The fraction of sp³-hybridized carbons (Fsp3) is 0.179. The summed E-state index contributed by atoms with van der Waals surface area (Å²) in [5, 5.41) is 30.0. The van der Waals surface area contributed by atoms with Gasteiger partial charge in [-0.2, -0.15) is 10.2 Å². The second-order valence-electron chi connectivity index (χ2n) is 9.53. The number of anilines is 3. The molecule has 0 saturated carbocycles. The Morgan fingerprint density at radius 2 is 1.74 bits per heavy atom. The number of sulfonamides is 1. The van der Waals surface area contributed by atoms with E-state index in [2.05, 4.69) is 20.1 Å². The van der Waals surface area contributed by atoms with Crippen LogP contribution in [0.15, 0.2) is 82.8 Å². The van der Waals surface area contributed by atoms with E-state index in [1.54, 1.807) is 6.21 Å². The van der Waals surface area contributed by atoms with Gasteiger partial charge in [0.1, 0.15) is 10.7 Å². The average molecular weight is 590 g/mol. The number of aromatic carboxylic acids is 1. The second-order valence-corrected chi connectivity index (χ2v) is 11.2. The number of nitro groups is 1. The Balaban J connectivity index is 1.51. The van der Waals surface area contributed by atoms with Gasteiger partial charge in [0.2, 0.25) is 0 Å². The van der Waals surface area contributed by atoms with Crippen molar-refractivity contribution in [2.45, 2.75) is 24.7 Å². The molecule has 1 saturated heterocycles. The van der Waals surface area contributed by atoms with Gasteiger partial charge in [-0.05, 0) is 50.1 Å². The average Bonchev–Trinajstić information content (AvgIpc) is 3.61. The molecule has 13 nitrogen and oxygen atoms in total. The van der Waals surface area contributed by atoms with Crippen molar-refractivity contribution >= 4 is 45.1 Å². The largest absolute Gasteiger partial charge is 0.478 e. The quantitative estimate of drug-likeness (QED) is 0.135. The number of carboxylic acids is 1. The number of benzene rings is 3. The van der Waals surface area contributed by atoms with Crippen LogP contribution >= 0.6 is 0 Å². The predicted molar refractivity (Wildman–Crippen MR) is 158 cm³/mol. The van der Waals surface area contributed by atoms with Crippen LogP contribution in [0.25, 0.3) is 5.69 Å². The molecule has 1 aliphatic rings. The van der Waals surface area contributed by atoms with Gasteiger partial charge in [-0.15, -0.1) is 0 Å². The molecule has 1 fully saturated rings. The van der Waals surface area contributed by atoms with Crippen molar-refractivity contribution in [3.05, 3.63) is 99.7 Å². The van der Waals surface area contributed by atoms with E-state index in [0.29, 0.717) is 5.69 Å². The van der Waals surface area contributed by atoms with Crippen LogP contribution in [0.1, 0.15) is 34.5 Å². The van der Waals surface area contributed by atoms with Crippen molar-refractivity contribution in [1.29, 1.82) is 0 Å². The number of nitrogens with zero attached hydrogens (tertiary/aromatic N) is 5. The van der Waals surface area contributed by atoms with Crippen LogP contribution in [-0.4, -0.2) is 53.5 Å². The summed E-state index contributed by atoms with van der Waals surface area (Å²) in [6.07, 6.45) is 3.62. The van der Waals surface area contributed by atoms with Crippen molar-refractivity contribution in [2.75, 3.05) is 28.1 Å². The van der Waals surface area contributed by atoms with E-state index in [4.69, 9.17) is 5.10 Å². The highest BCUT2D eigenvalue weighted by Crippen LogP contribution is 2.31. The number of nitrogens with one attached hydrogen (secondary N) is 2. The van der Waals surface area contributed by atoms with Crippen LogP contribution in [0.5, 0.6) is 0 Å². The van der Waals surface area contributed by atoms with E-state index in [-0.39, 0.29) is 16.9 Å². The maximum absolute atomic E-state index is 13.4. The summed E-state index contributed by atoms with van der Waals surface area (Å²) >= 11 is 0.